The third-order valence-corrected chi connectivity index (χ3v) is 6.56. The molecule has 1 heterocycles. The van der Waals surface area contributed by atoms with Gasteiger partial charge in [-0.1, -0.05) is 54.1 Å². The molecule has 2 fully saturated rings. The SMILES string of the molecule is Cc1ccc(-c2ccc(CC3(C(=O)N(C)C)CCCN(C(=O)C4CC4)C3)cc2)cc1. The Morgan fingerprint density at radius 3 is 2.17 bits per heavy atom. The van der Waals surface area contributed by atoms with Crippen molar-refractivity contribution in [3.8, 4) is 11.1 Å². The van der Waals surface area contributed by atoms with Gasteiger partial charge in [-0.25, -0.2) is 0 Å². The van der Waals surface area contributed by atoms with Crippen molar-refractivity contribution in [3.05, 3.63) is 59.7 Å². The maximum absolute atomic E-state index is 13.3. The average Bonchev–Trinajstić information content (AvgIpc) is 3.59. The van der Waals surface area contributed by atoms with Crippen LogP contribution in [0, 0.1) is 18.3 Å². The van der Waals surface area contributed by atoms with Gasteiger partial charge in [-0.15, -0.1) is 0 Å². The number of rotatable bonds is 5. The zero-order valence-electron chi connectivity index (χ0n) is 18.4. The summed E-state index contributed by atoms with van der Waals surface area (Å²) in [6.07, 6.45) is 4.40. The zero-order valence-corrected chi connectivity index (χ0v) is 18.4. The van der Waals surface area contributed by atoms with Gasteiger partial charge >= 0.3 is 0 Å². The Bertz CT molecular complexity index is 913. The standard InChI is InChI=1S/C26H32N2O2/c1-19-5-9-21(10-6-19)22-11-7-20(8-12-22)17-26(25(30)27(2)3)15-4-16-28(18-26)24(29)23-13-14-23/h5-12,23H,4,13-18H2,1-3H3. The van der Waals surface area contributed by atoms with Crippen LogP contribution in [0.4, 0.5) is 0 Å². The number of carbonyl (C=O) groups is 2. The molecule has 0 spiro atoms. The molecule has 2 amide bonds. The van der Waals surface area contributed by atoms with Crippen LogP contribution in [0.15, 0.2) is 48.5 Å². The van der Waals surface area contributed by atoms with Gasteiger partial charge in [0.15, 0.2) is 0 Å². The minimum atomic E-state index is -0.530. The van der Waals surface area contributed by atoms with E-state index in [9.17, 15) is 9.59 Å². The maximum atomic E-state index is 13.3. The van der Waals surface area contributed by atoms with E-state index >= 15 is 0 Å². The summed E-state index contributed by atoms with van der Waals surface area (Å²) >= 11 is 0. The molecule has 1 aliphatic carbocycles. The van der Waals surface area contributed by atoms with E-state index in [0.29, 0.717) is 13.0 Å². The number of amides is 2. The van der Waals surface area contributed by atoms with Crippen molar-refractivity contribution in [2.45, 2.75) is 39.0 Å². The Kier molecular flexibility index (Phi) is 5.68. The van der Waals surface area contributed by atoms with E-state index < -0.39 is 5.41 Å². The van der Waals surface area contributed by atoms with Gasteiger partial charge in [0.1, 0.15) is 0 Å². The Hall–Kier alpha value is -2.62. The molecule has 2 aromatic rings. The summed E-state index contributed by atoms with van der Waals surface area (Å²) in [5.41, 5.74) is 4.26. The highest BCUT2D eigenvalue weighted by molar-refractivity contribution is 5.86. The van der Waals surface area contributed by atoms with Gasteiger partial charge in [-0.3, -0.25) is 9.59 Å². The molecule has 1 atom stereocenters. The lowest BCUT2D eigenvalue weighted by atomic mass is 9.73. The number of carbonyl (C=O) groups excluding carboxylic acids is 2. The minimum Gasteiger partial charge on any atom is -0.348 e. The lowest BCUT2D eigenvalue weighted by Crippen LogP contribution is -2.54. The molecular weight excluding hydrogens is 372 g/mol. The zero-order chi connectivity index (χ0) is 21.3. The van der Waals surface area contributed by atoms with Crippen molar-refractivity contribution < 1.29 is 9.59 Å². The maximum Gasteiger partial charge on any atom is 0.230 e. The van der Waals surface area contributed by atoms with Crippen molar-refractivity contribution >= 4 is 11.8 Å². The molecule has 1 saturated carbocycles. The van der Waals surface area contributed by atoms with Crippen molar-refractivity contribution in [2.24, 2.45) is 11.3 Å². The predicted octanol–water partition coefficient (Wildman–Crippen LogP) is 4.31. The fraction of sp³-hybridized carbons (Fsp3) is 0.462. The van der Waals surface area contributed by atoms with Gasteiger partial charge in [-0.05, 0) is 55.7 Å². The number of hydrogen-bond acceptors (Lipinski definition) is 2. The number of likely N-dealkylation sites (tertiary alicyclic amines) is 1. The summed E-state index contributed by atoms with van der Waals surface area (Å²) in [5.74, 6) is 0.586. The van der Waals surface area contributed by atoms with E-state index in [4.69, 9.17) is 0 Å². The third-order valence-electron chi connectivity index (χ3n) is 6.56. The van der Waals surface area contributed by atoms with Crippen molar-refractivity contribution in [2.75, 3.05) is 27.2 Å². The lowest BCUT2D eigenvalue weighted by Gasteiger charge is -2.43. The van der Waals surface area contributed by atoms with E-state index in [2.05, 4.69) is 55.5 Å². The van der Waals surface area contributed by atoms with Crippen LogP contribution in [0.2, 0.25) is 0 Å². The second-order valence-electron chi connectivity index (χ2n) is 9.36. The van der Waals surface area contributed by atoms with Gasteiger partial charge < -0.3 is 9.80 Å². The van der Waals surface area contributed by atoms with Gasteiger partial charge in [0.05, 0.1) is 5.41 Å². The summed E-state index contributed by atoms with van der Waals surface area (Å²) < 4.78 is 0. The highest BCUT2D eigenvalue weighted by Crippen LogP contribution is 2.39. The second-order valence-corrected chi connectivity index (χ2v) is 9.36. The summed E-state index contributed by atoms with van der Waals surface area (Å²) in [4.78, 5) is 29.7. The average molecular weight is 405 g/mol. The normalized spacial score (nSPS) is 21.4. The molecule has 1 unspecified atom stereocenters. The quantitative estimate of drug-likeness (QED) is 0.745. The topological polar surface area (TPSA) is 40.6 Å². The summed E-state index contributed by atoms with van der Waals surface area (Å²) in [5, 5.41) is 0. The second kappa shape index (κ2) is 8.25. The van der Waals surface area contributed by atoms with E-state index in [-0.39, 0.29) is 17.7 Å². The summed E-state index contributed by atoms with van der Waals surface area (Å²) in [6.45, 7) is 3.42. The summed E-state index contributed by atoms with van der Waals surface area (Å²) in [7, 11) is 3.65. The first kappa shape index (κ1) is 20.6. The largest absolute Gasteiger partial charge is 0.348 e. The first-order chi connectivity index (χ1) is 14.4. The highest BCUT2D eigenvalue weighted by atomic mass is 16.2. The Labute approximate surface area is 179 Å². The summed E-state index contributed by atoms with van der Waals surface area (Å²) in [6, 6.07) is 17.1. The van der Waals surface area contributed by atoms with E-state index in [1.807, 2.05) is 19.0 Å². The Morgan fingerprint density at radius 2 is 1.60 bits per heavy atom. The van der Waals surface area contributed by atoms with Crippen LogP contribution in [-0.2, 0) is 16.0 Å². The number of piperidine rings is 1. The first-order valence-electron chi connectivity index (χ1n) is 11.0. The monoisotopic (exact) mass is 404 g/mol. The van der Waals surface area contributed by atoms with Gasteiger partial charge in [0, 0.05) is 33.1 Å². The van der Waals surface area contributed by atoms with Crippen molar-refractivity contribution in [3.63, 3.8) is 0 Å². The van der Waals surface area contributed by atoms with Crippen LogP contribution in [0.3, 0.4) is 0 Å². The molecule has 0 N–H and O–H groups in total. The fourth-order valence-electron chi connectivity index (χ4n) is 4.73. The predicted molar refractivity (Wildman–Crippen MR) is 120 cm³/mol. The van der Waals surface area contributed by atoms with Gasteiger partial charge in [0.2, 0.25) is 11.8 Å². The molecule has 4 heteroatoms. The van der Waals surface area contributed by atoms with Gasteiger partial charge in [-0.2, -0.15) is 0 Å². The highest BCUT2D eigenvalue weighted by Gasteiger charge is 2.46. The van der Waals surface area contributed by atoms with E-state index in [1.165, 1.54) is 16.7 Å². The van der Waals surface area contributed by atoms with E-state index in [0.717, 1.165) is 37.8 Å². The Balaban J connectivity index is 1.56. The van der Waals surface area contributed by atoms with Crippen LogP contribution in [0.5, 0.6) is 0 Å². The lowest BCUT2D eigenvalue weighted by molar-refractivity contribution is -0.147. The van der Waals surface area contributed by atoms with Crippen molar-refractivity contribution in [1.29, 1.82) is 0 Å². The molecule has 1 saturated heterocycles. The molecule has 30 heavy (non-hydrogen) atoms. The minimum absolute atomic E-state index is 0.137. The van der Waals surface area contributed by atoms with E-state index in [1.54, 1.807) is 4.90 Å². The fourth-order valence-corrected chi connectivity index (χ4v) is 4.73. The van der Waals surface area contributed by atoms with Gasteiger partial charge in [0.25, 0.3) is 0 Å². The first-order valence-corrected chi connectivity index (χ1v) is 11.0. The van der Waals surface area contributed by atoms with Crippen LogP contribution < -0.4 is 0 Å². The molecular formula is C26H32N2O2. The Morgan fingerprint density at radius 1 is 1.00 bits per heavy atom. The van der Waals surface area contributed by atoms with Crippen LogP contribution in [0.1, 0.15) is 36.8 Å². The molecule has 0 aromatic heterocycles. The number of nitrogens with zero attached hydrogens (tertiary/aromatic N) is 2. The number of benzene rings is 2. The van der Waals surface area contributed by atoms with Crippen LogP contribution in [-0.4, -0.2) is 48.8 Å². The van der Waals surface area contributed by atoms with Crippen LogP contribution in [0.25, 0.3) is 11.1 Å². The molecule has 0 radical (unpaired) electrons. The molecule has 158 valence electrons. The molecule has 4 rings (SSSR count). The van der Waals surface area contributed by atoms with Crippen molar-refractivity contribution in [1.82, 2.24) is 9.80 Å². The molecule has 1 aliphatic heterocycles. The number of aryl methyl sites for hydroxylation is 1. The molecule has 0 bridgehead atoms. The number of hydrogen-bond donors (Lipinski definition) is 0. The third kappa shape index (κ3) is 4.28. The van der Waals surface area contributed by atoms with Crippen LogP contribution >= 0.6 is 0 Å². The molecule has 2 aliphatic rings. The smallest absolute Gasteiger partial charge is 0.230 e. The molecule has 2 aromatic carbocycles. The molecule has 4 nitrogen and oxygen atoms in total.